The van der Waals surface area contributed by atoms with Crippen molar-refractivity contribution in [2.45, 2.75) is 0 Å². The maximum atomic E-state index is 12.9. The molecule has 0 saturated carbocycles. The molecule has 0 aliphatic heterocycles. The van der Waals surface area contributed by atoms with Crippen LogP contribution in [0.5, 0.6) is 0 Å². The molecule has 2 N–H and O–H groups in total. The second-order valence-corrected chi connectivity index (χ2v) is 6.49. The van der Waals surface area contributed by atoms with Crippen LogP contribution in [0, 0.1) is 20.2 Å². The van der Waals surface area contributed by atoms with E-state index in [1.54, 1.807) is 30.3 Å². The monoisotopic (exact) mass is 432 g/mol. The van der Waals surface area contributed by atoms with Crippen LogP contribution in [0.4, 0.5) is 17.1 Å². The predicted octanol–water partition coefficient (Wildman–Crippen LogP) is 3.91. The summed E-state index contributed by atoms with van der Waals surface area (Å²) in [6.07, 6.45) is 1.34. The summed E-state index contributed by atoms with van der Waals surface area (Å²) in [7, 11) is 0. The Morgan fingerprint density at radius 1 is 0.781 bits per heavy atom. The Hall–Kier alpha value is -4.86. The Kier molecular flexibility index (Phi) is 6.66. The van der Waals surface area contributed by atoms with Gasteiger partial charge < -0.3 is 10.6 Å². The minimum Gasteiger partial charge on any atom is -0.320 e. The van der Waals surface area contributed by atoms with Gasteiger partial charge >= 0.3 is 0 Å². The van der Waals surface area contributed by atoms with Crippen molar-refractivity contribution in [2.75, 3.05) is 5.32 Å². The first-order valence-electron chi connectivity index (χ1n) is 9.22. The van der Waals surface area contributed by atoms with Crippen molar-refractivity contribution in [1.29, 1.82) is 0 Å². The van der Waals surface area contributed by atoms with Gasteiger partial charge in [-0.15, -0.1) is 0 Å². The van der Waals surface area contributed by atoms with Crippen LogP contribution in [0.25, 0.3) is 6.08 Å². The molecule has 0 unspecified atom stereocenters. The average Bonchev–Trinajstić information content (AvgIpc) is 2.79. The summed E-state index contributed by atoms with van der Waals surface area (Å²) in [5, 5.41) is 26.8. The van der Waals surface area contributed by atoms with Gasteiger partial charge in [0.2, 0.25) is 0 Å². The van der Waals surface area contributed by atoms with E-state index < -0.39 is 21.7 Å². The zero-order valence-corrected chi connectivity index (χ0v) is 16.4. The summed E-state index contributed by atoms with van der Waals surface area (Å²) in [5.41, 5.74) is 0.403. The maximum absolute atomic E-state index is 12.9. The maximum Gasteiger partial charge on any atom is 0.272 e. The van der Waals surface area contributed by atoms with Crippen LogP contribution < -0.4 is 10.6 Å². The van der Waals surface area contributed by atoms with E-state index in [1.165, 1.54) is 54.6 Å². The molecule has 0 aromatic heterocycles. The van der Waals surface area contributed by atoms with Gasteiger partial charge in [-0.2, -0.15) is 0 Å². The number of anilines is 1. The molecule has 160 valence electrons. The first kappa shape index (κ1) is 21.8. The summed E-state index contributed by atoms with van der Waals surface area (Å²) in [6.45, 7) is 0. The van der Waals surface area contributed by atoms with Crippen LogP contribution in [0.1, 0.15) is 15.9 Å². The van der Waals surface area contributed by atoms with E-state index in [2.05, 4.69) is 10.6 Å². The third kappa shape index (κ3) is 5.60. The fraction of sp³-hybridized carbons (Fsp3) is 0. The SMILES string of the molecule is O=C(Nc1cccc([N+](=O)[O-])c1)C(=Cc1ccc([N+](=O)[O-])cc1)NC(=O)c1ccccc1. The third-order valence-electron chi connectivity index (χ3n) is 4.26. The van der Waals surface area contributed by atoms with Gasteiger partial charge in [0.25, 0.3) is 23.2 Å². The van der Waals surface area contributed by atoms with Crippen LogP contribution in [-0.4, -0.2) is 21.7 Å². The highest BCUT2D eigenvalue weighted by atomic mass is 16.6. The minimum atomic E-state index is -0.729. The Labute approximate surface area is 181 Å². The van der Waals surface area contributed by atoms with E-state index in [0.29, 0.717) is 11.1 Å². The van der Waals surface area contributed by atoms with Gasteiger partial charge in [0.1, 0.15) is 5.70 Å². The Morgan fingerprint density at radius 2 is 1.44 bits per heavy atom. The van der Waals surface area contributed by atoms with Gasteiger partial charge in [0.05, 0.1) is 9.85 Å². The molecule has 3 aromatic rings. The van der Waals surface area contributed by atoms with Crippen LogP contribution in [0.15, 0.2) is 84.6 Å². The van der Waals surface area contributed by atoms with Gasteiger partial charge in [0, 0.05) is 35.5 Å². The van der Waals surface area contributed by atoms with Crippen molar-refractivity contribution in [2.24, 2.45) is 0 Å². The fourth-order valence-electron chi connectivity index (χ4n) is 2.70. The van der Waals surface area contributed by atoms with Gasteiger partial charge in [-0.05, 0) is 42.0 Å². The summed E-state index contributed by atoms with van der Waals surface area (Å²) < 4.78 is 0. The summed E-state index contributed by atoms with van der Waals surface area (Å²) in [4.78, 5) is 46.1. The quantitative estimate of drug-likeness (QED) is 0.329. The molecular weight excluding hydrogens is 416 g/mol. The lowest BCUT2D eigenvalue weighted by Gasteiger charge is -2.11. The smallest absolute Gasteiger partial charge is 0.272 e. The van der Waals surface area contributed by atoms with Crippen molar-refractivity contribution in [3.05, 3.63) is 116 Å². The number of nitrogens with one attached hydrogen (secondary N) is 2. The summed E-state index contributed by atoms with van der Waals surface area (Å²) >= 11 is 0. The number of nitro benzene ring substituents is 2. The molecule has 3 aromatic carbocycles. The van der Waals surface area contributed by atoms with E-state index in [-0.39, 0.29) is 22.8 Å². The molecular formula is C22H16N4O6. The first-order valence-corrected chi connectivity index (χ1v) is 9.22. The lowest BCUT2D eigenvalue weighted by molar-refractivity contribution is -0.385. The van der Waals surface area contributed by atoms with E-state index >= 15 is 0 Å². The van der Waals surface area contributed by atoms with Gasteiger partial charge in [-0.3, -0.25) is 29.8 Å². The Balaban J connectivity index is 1.90. The standard InChI is InChI=1S/C22H16N4O6/c27-21(16-5-2-1-3-6-16)24-20(13-15-9-11-18(12-10-15)25(29)30)22(28)23-17-7-4-8-19(14-17)26(31)32/h1-14H,(H,23,28)(H,24,27). The topological polar surface area (TPSA) is 144 Å². The minimum absolute atomic E-state index is 0.127. The lowest BCUT2D eigenvalue weighted by atomic mass is 10.1. The molecule has 0 atom stereocenters. The molecule has 0 aliphatic carbocycles. The second kappa shape index (κ2) is 9.76. The van der Waals surface area contributed by atoms with Crippen LogP contribution >= 0.6 is 0 Å². The van der Waals surface area contributed by atoms with Crippen molar-refractivity contribution in [3.63, 3.8) is 0 Å². The summed E-state index contributed by atoms with van der Waals surface area (Å²) in [6, 6.07) is 18.9. The molecule has 0 radical (unpaired) electrons. The fourth-order valence-corrected chi connectivity index (χ4v) is 2.70. The number of carbonyl (C=O) groups is 2. The number of nitro groups is 2. The summed E-state index contributed by atoms with van der Waals surface area (Å²) in [5.74, 6) is -1.28. The molecule has 32 heavy (non-hydrogen) atoms. The van der Waals surface area contributed by atoms with Crippen LogP contribution in [-0.2, 0) is 4.79 Å². The van der Waals surface area contributed by atoms with Crippen molar-refractivity contribution < 1.29 is 19.4 Å². The number of hydrogen-bond acceptors (Lipinski definition) is 6. The molecule has 3 rings (SSSR count). The molecule has 10 nitrogen and oxygen atoms in total. The highest BCUT2D eigenvalue weighted by molar-refractivity contribution is 6.10. The first-order chi connectivity index (χ1) is 15.3. The zero-order valence-electron chi connectivity index (χ0n) is 16.4. The normalized spacial score (nSPS) is 10.8. The molecule has 0 bridgehead atoms. The Bertz CT molecular complexity index is 1210. The van der Waals surface area contributed by atoms with Gasteiger partial charge in [-0.1, -0.05) is 24.3 Å². The van der Waals surface area contributed by atoms with Crippen molar-refractivity contribution in [3.8, 4) is 0 Å². The number of benzene rings is 3. The number of hydrogen-bond donors (Lipinski definition) is 2. The van der Waals surface area contributed by atoms with Crippen molar-refractivity contribution >= 4 is 35.0 Å². The van der Waals surface area contributed by atoms with Gasteiger partial charge in [0.15, 0.2) is 0 Å². The van der Waals surface area contributed by atoms with E-state index in [0.717, 1.165) is 0 Å². The molecule has 0 aliphatic rings. The van der Waals surface area contributed by atoms with E-state index in [1.807, 2.05) is 0 Å². The van der Waals surface area contributed by atoms with E-state index in [4.69, 9.17) is 0 Å². The number of amides is 2. The molecule has 10 heteroatoms. The molecule has 0 spiro atoms. The number of carbonyl (C=O) groups excluding carboxylic acids is 2. The average molecular weight is 432 g/mol. The van der Waals surface area contributed by atoms with E-state index in [9.17, 15) is 29.8 Å². The second-order valence-electron chi connectivity index (χ2n) is 6.49. The number of rotatable bonds is 7. The molecule has 0 fully saturated rings. The lowest BCUT2D eigenvalue weighted by Crippen LogP contribution is -2.30. The van der Waals surface area contributed by atoms with Crippen molar-refractivity contribution in [1.82, 2.24) is 5.32 Å². The molecule has 0 heterocycles. The van der Waals surface area contributed by atoms with Crippen LogP contribution in [0.3, 0.4) is 0 Å². The zero-order chi connectivity index (χ0) is 23.1. The third-order valence-corrected chi connectivity index (χ3v) is 4.26. The van der Waals surface area contributed by atoms with Crippen LogP contribution in [0.2, 0.25) is 0 Å². The largest absolute Gasteiger partial charge is 0.320 e. The highest BCUT2D eigenvalue weighted by Gasteiger charge is 2.16. The predicted molar refractivity (Wildman–Crippen MR) is 117 cm³/mol. The highest BCUT2D eigenvalue weighted by Crippen LogP contribution is 2.19. The molecule has 0 saturated heterocycles. The molecule has 2 amide bonds. The Morgan fingerprint density at radius 3 is 2.06 bits per heavy atom. The number of non-ortho nitro benzene ring substituents is 2. The number of nitrogens with zero attached hydrogens (tertiary/aromatic N) is 2. The van der Waals surface area contributed by atoms with Gasteiger partial charge in [-0.25, -0.2) is 0 Å².